The van der Waals surface area contributed by atoms with Crippen LogP contribution in [-0.2, 0) is 11.2 Å². The van der Waals surface area contributed by atoms with Crippen molar-refractivity contribution in [2.75, 3.05) is 7.05 Å². The Labute approximate surface area is 146 Å². The number of carbonyl (C=O) groups excluding carboxylic acids is 1. The summed E-state index contributed by atoms with van der Waals surface area (Å²) in [5, 5.41) is 3.32. The average molecular weight is 328 g/mol. The Bertz CT molecular complexity index is 552. The number of rotatable bonds is 5. The van der Waals surface area contributed by atoms with Crippen LogP contribution in [0, 0.1) is 5.92 Å². The summed E-state index contributed by atoms with van der Waals surface area (Å²) in [4.78, 5) is 15.2. The van der Waals surface area contributed by atoms with Crippen LogP contribution < -0.4 is 5.32 Å². The standard InChI is InChI=1S/C21H32N2O/c1-14(2)11-16-5-7-17(8-6-16)15(3)21(24)22-18-12-19-9-10-20(13-18)23(19)4/h5-8,14-15,18-20H,9-13H2,1-4H3,(H,22,24)/t15?,18?,19-,20?/m1/s1. The lowest BCUT2D eigenvalue weighted by atomic mass is 9.94. The van der Waals surface area contributed by atoms with E-state index in [1.165, 1.54) is 18.4 Å². The quantitative estimate of drug-likeness (QED) is 0.893. The van der Waals surface area contributed by atoms with Crippen molar-refractivity contribution >= 4 is 5.91 Å². The molecule has 0 saturated carbocycles. The molecule has 1 N–H and O–H groups in total. The van der Waals surface area contributed by atoms with Crippen molar-refractivity contribution in [3.8, 4) is 0 Å². The Balaban J connectivity index is 1.57. The Kier molecular flexibility index (Phi) is 5.29. The molecule has 2 heterocycles. The van der Waals surface area contributed by atoms with Gasteiger partial charge >= 0.3 is 0 Å². The molecule has 1 aromatic rings. The van der Waals surface area contributed by atoms with Crippen molar-refractivity contribution < 1.29 is 4.79 Å². The second-order valence-electron chi connectivity index (χ2n) is 8.29. The highest BCUT2D eigenvalue weighted by atomic mass is 16.1. The molecule has 2 bridgehead atoms. The summed E-state index contributed by atoms with van der Waals surface area (Å²) in [5.41, 5.74) is 2.48. The van der Waals surface area contributed by atoms with Crippen LogP contribution in [0.4, 0.5) is 0 Å². The fourth-order valence-corrected chi connectivity index (χ4v) is 4.42. The first-order valence-electron chi connectivity index (χ1n) is 9.55. The number of nitrogens with zero attached hydrogens (tertiary/aromatic N) is 1. The lowest BCUT2D eigenvalue weighted by molar-refractivity contribution is -0.123. The van der Waals surface area contributed by atoms with Crippen LogP contribution in [0.1, 0.15) is 63.5 Å². The normalized spacial score (nSPS) is 28.1. The molecule has 3 unspecified atom stereocenters. The van der Waals surface area contributed by atoms with Gasteiger partial charge in [0.15, 0.2) is 0 Å². The Morgan fingerprint density at radius 1 is 1.12 bits per heavy atom. The number of carbonyl (C=O) groups is 1. The monoisotopic (exact) mass is 328 g/mol. The van der Waals surface area contributed by atoms with E-state index in [9.17, 15) is 4.79 Å². The maximum absolute atomic E-state index is 12.7. The molecule has 0 spiro atoms. The minimum atomic E-state index is -0.0737. The fraction of sp³-hybridized carbons (Fsp3) is 0.667. The molecule has 132 valence electrons. The molecule has 4 atom stereocenters. The number of hydrogen-bond donors (Lipinski definition) is 1. The first-order valence-corrected chi connectivity index (χ1v) is 9.55. The Morgan fingerprint density at radius 2 is 1.71 bits per heavy atom. The molecule has 2 fully saturated rings. The number of amides is 1. The number of hydrogen-bond acceptors (Lipinski definition) is 2. The summed E-state index contributed by atoms with van der Waals surface area (Å²) in [6, 6.07) is 10.3. The molecule has 3 nitrogen and oxygen atoms in total. The molecule has 3 heteroatoms. The van der Waals surface area contributed by atoms with Crippen molar-refractivity contribution in [2.45, 2.75) is 76.9 Å². The number of nitrogens with one attached hydrogen (secondary N) is 1. The van der Waals surface area contributed by atoms with E-state index in [1.54, 1.807) is 0 Å². The minimum absolute atomic E-state index is 0.0737. The van der Waals surface area contributed by atoms with Gasteiger partial charge in [-0.05, 0) is 63.1 Å². The number of fused-ring (bicyclic) bond motifs is 2. The third-order valence-electron chi connectivity index (χ3n) is 5.96. The third kappa shape index (κ3) is 3.83. The molecule has 0 aliphatic carbocycles. The van der Waals surface area contributed by atoms with Crippen LogP contribution in [0.25, 0.3) is 0 Å². The van der Waals surface area contributed by atoms with Gasteiger partial charge in [0.2, 0.25) is 5.91 Å². The topological polar surface area (TPSA) is 32.3 Å². The number of benzene rings is 1. The Hall–Kier alpha value is -1.35. The van der Waals surface area contributed by atoms with Gasteiger partial charge in [0, 0.05) is 18.1 Å². The second kappa shape index (κ2) is 7.26. The number of piperidine rings is 1. The van der Waals surface area contributed by atoms with E-state index >= 15 is 0 Å². The van der Waals surface area contributed by atoms with Crippen molar-refractivity contribution in [1.29, 1.82) is 0 Å². The zero-order valence-corrected chi connectivity index (χ0v) is 15.6. The van der Waals surface area contributed by atoms with Crippen LogP contribution in [0.15, 0.2) is 24.3 Å². The predicted molar refractivity (Wildman–Crippen MR) is 99.1 cm³/mol. The summed E-state index contributed by atoms with van der Waals surface area (Å²) in [6.45, 7) is 6.49. The molecule has 1 aromatic carbocycles. The zero-order valence-electron chi connectivity index (χ0n) is 15.6. The predicted octanol–water partition coefficient (Wildman–Crippen LogP) is 3.73. The van der Waals surface area contributed by atoms with Gasteiger partial charge < -0.3 is 10.2 Å². The van der Waals surface area contributed by atoms with Crippen LogP contribution in [0.5, 0.6) is 0 Å². The van der Waals surface area contributed by atoms with Crippen LogP contribution in [-0.4, -0.2) is 36.0 Å². The molecule has 2 saturated heterocycles. The van der Waals surface area contributed by atoms with Gasteiger partial charge in [-0.2, -0.15) is 0 Å². The van der Waals surface area contributed by atoms with Crippen LogP contribution >= 0.6 is 0 Å². The van der Waals surface area contributed by atoms with Crippen LogP contribution in [0.2, 0.25) is 0 Å². The molecular formula is C21H32N2O. The van der Waals surface area contributed by atoms with Crippen molar-refractivity contribution in [1.82, 2.24) is 10.2 Å². The van der Waals surface area contributed by atoms with Crippen LogP contribution in [0.3, 0.4) is 0 Å². The molecular weight excluding hydrogens is 296 g/mol. The van der Waals surface area contributed by atoms with Gasteiger partial charge in [-0.3, -0.25) is 4.79 Å². The van der Waals surface area contributed by atoms with E-state index in [0.29, 0.717) is 24.0 Å². The molecule has 0 aromatic heterocycles. The van der Waals surface area contributed by atoms with E-state index in [-0.39, 0.29) is 11.8 Å². The van der Waals surface area contributed by atoms with E-state index in [1.807, 2.05) is 6.92 Å². The molecule has 2 aliphatic heterocycles. The van der Waals surface area contributed by atoms with Crippen molar-refractivity contribution in [3.63, 3.8) is 0 Å². The van der Waals surface area contributed by atoms with Crippen molar-refractivity contribution in [3.05, 3.63) is 35.4 Å². The molecule has 1 amide bonds. The minimum Gasteiger partial charge on any atom is -0.353 e. The lowest BCUT2D eigenvalue weighted by Gasteiger charge is -2.37. The smallest absolute Gasteiger partial charge is 0.227 e. The van der Waals surface area contributed by atoms with Gasteiger partial charge in [-0.15, -0.1) is 0 Å². The maximum Gasteiger partial charge on any atom is 0.227 e. The van der Waals surface area contributed by atoms with Gasteiger partial charge in [0.25, 0.3) is 0 Å². The summed E-state index contributed by atoms with van der Waals surface area (Å²) in [7, 11) is 2.24. The highest BCUT2D eigenvalue weighted by Crippen LogP contribution is 2.34. The maximum atomic E-state index is 12.7. The highest BCUT2D eigenvalue weighted by Gasteiger charge is 2.39. The summed E-state index contributed by atoms with van der Waals surface area (Å²) in [6.07, 6.45) is 5.90. The largest absolute Gasteiger partial charge is 0.353 e. The first kappa shape index (κ1) is 17.5. The summed E-state index contributed by atoms with van der Waals surface area (Å²) >= 11 is 0. The molecule has 24 heavy (non-hydrogen) atoms. The van der Waals surface area contributed by atoms with Gasteiger partial charge in [-0.1, -0.05) is 38.1 Å². The van der Waals surface area contributed by atoms with E-state index < -0.39 is 0 Å². The van der Waals surface area contributed by atoms with Gasteiger partial charge in [0.05, 0.1) is 5.92 Å². The highest BCUT2D eigenvalue weighted by molar-refractivity contribution is 5.83. The lowest BCUT2D eigenvalue weighted by Crippen LogP contribution is -2.49. The average Bonchev–Trinajstić information content (AvgIpc) is 2.75. The van der Waals surface area contributed by atoms with E-state index in [2.05, 4.69) is 55.4 Å². The van der Waals surface area contributed by atoms with Gasteiger partial charge in [-0.25, -0.2) is 0 Å². The first-order chi connectivity index (χ1) is 11.4. The fourth-order valence-electron chi connectivity index (χ4n) is 4.42. The SMILES string of the molecule is CC(C)Cc1ccc(C(C)C(=O)NC2CC3CC[C@H](C2)N3C)cc1. The van der Waals surface area contributed by atoms with E-state index in [4.69, 9.17) is 0 Å². The molecule has 0 radical (unpaired) electrons. The zero-order chi connectivity index (χ0) is 17.3. The third-order valence-corrected chi connectivity index (χ3v) is 5.96. The summed E-state index contributed by atoms with van der Waals surface area (Å²) in [5.74, 6) is 0.771. The Morgan fingerprint density at radius 3 is 2.25 bits per heavy atom. The molecule has 3 rings (SSSR count). The van der Waals surface area contributed by atoms with Gasteiger partial charge in [0.1, 0.15) is 0 Å². The molecule has 2 aliphatic rings. The van der Waals surface area contributed by atoms with Crippen molar-refractivity contribution in [2.24, 2.45) is 5.92 Å². The second-order valence-corrected chi connectivity index (χ2v) is 8.29. The van der Waals surface area contributed by atoms with E-state index in [0.717, 1.165) is 24.8 Å². The summed E-state index contributed by atoms with van der Waals surface area (Å²) < 4.78 is 0.